The van der Waals surface area contributed by atoms with Crippen LogP contribution >= 0.6 is 0 Å². The van der Waals surface area contributed by atoms with Gasteiger partial charge in [-0.25, -0.2) is 0 Å². The Kier molecular flexibility index (Phi) is 92.1. The molecule has 439 valence electrons. The summed E-state index contributed by atoms with van der Waals surface area (Å²) in [5.74, 6) is -3.62. The molecule has 0 atom stereocenters. The largest absolute Gasteiger partial charge is 2.00 e. The summed E-state index contributed by atoms with van der Waals surface area (Å²) in [5, 5.41) is 40.8. The van der Waals surface area contributed by atoms with Crippen LogP contribution in [-0.4, -0.2) is 23.9 Å². The molecule has 1 radical (unpaired) electrons. The predicted octanol–water partition coefficient (Wildman–Crippen LogP) is 16.9. The Morgan fingerprint density at radius 3 is 0.351 bits per heavy atom. The van der Waals surface area contributed by atoms with Gasteiger partial charge in [0.15, 0.2) is 0 Å². The topological polar surface area (TPSA) is 161 Å². The smallest absolute Gasteiger partial charge is 0.550 e. The van der Waals surface area contributed by atoms with Crippen LogP contribution < -0.4 is 20.4 Å². The molecule has 0 amide bonds. The Balaban J connectivity index is -0.000000206. The molecule has 0 aromatic carbocycles. The molecule has 74 heavy (non-hydrogen) atoms. The van der Waals surface area contributed by atoms with E-state index in [1.807, 2.05) is 0 Å². The predicted molar refractivity (Wildman–Crippen MR) is 301 cm³/mol. The molecular formula is C64H124CoO8Zn. The van der Waals surface area contributed by atoms with Gasteiger partial charge in [0.1, 0.15) is 0 Å². The van der Waals surface area contributed by atoms with Gasteiger partial charge in [-0.2, -0.15) is 0 Å². The fourth-order valence-electron chi connectivity index (χ4n) is 9.15. The van der Waals surface area contributed by atoms with E-state index in [4.69, 9.17) is 0 Å². The second kappa shape index (κ2) is 80.9. The maximum atomic E-state index is 10.2. The van der Waals surface area contributed by atoms with Gasteiger partial charge < -0.3 is 39.6 Å². The molecule has 0 heterocycles. The van der Waals surface area contributed by atoms with Gasteiger partial charge >= 0.3 is 36.3 Å². The molecule has 0 rings (SSSR count). The molecule has 0 aromatic heterocycles. The van der Waals surface area contributed by atoms with E-state index in [-0.39, 0.29) is 61.9 Å². The molecule has 0 aliphatic carbocycles. The maximum absolute atomic E-state index is 10.2. The average Bonchev–Trinajstić information content (AvgIpc) is 3.35. The minimum atomic E-state index is -0.905. The molecule has 0 spiro atoms. The van der Waals surface area contributed by atoms with Gasteiger partial charge in [0.05, 0.1) is 0 Å². The van der Waals surface area contributed by atoms with Crippen molar-refractivity contribution < 1.29 is 75.9 Å². The van der Waals surface area contributed by atoms with Gasteiger partial charge in [-0.05, 0) is 51.4 Å². The molecule has 0 unspecified atom stereocenters. The molecule has 0 N–H and O–H groups in total. The summed E-state index contributed by atoms with van der Waals surface area (Å²) in [6.45, 7) is 9.03. The van der Waals surface area contributed by atoms with Gasteiger partial charge in [0, 0.05) is 23.9 Å². The van der Waals surface area contributed by atoms with Crippen LogP contribution in [0.25, 0.3) is 0 Å². The van der Waals surface area contributed by atoms with E-state index < -0.39 is 23.9 Å². The zero-order valence-electron chi connectivity index (χ0n) is 49.9. The minimum Gasteiger partial charge on any atom is -0.550 e. The van der Waals surface area contributed by atoms with Crippen molar-refractivity contribution in [2.75, 3.05) is 0 Å². The summed E-state index contributed by atoms with van der Waals surface area (Å²) in [5.41, 5.74) is 0. The van der Waals surface area contributed by atoms with Crippen molar-refractivity contribution in [3.05, 3.63) is 0 Å². The third-order valence-corrected chi connectivity index (χ3v) is 13.9. The summed E-state index contributed by atoms with van der Waals surface area (Å²) in [6.07, 6.45) is 67.7. The second-order valence-electron chi connectivity index (χ2n) is 21.5. The van der Waals surface area contributed by atoms with E-state index in [9.17, 15) is 39.6 Å². The van der Waals surface area contributed by atoms with Crippen molar-refractivity contribution >= 4 is 23.9 Å². The summed E-state index contributed by atoms with van der Waals surface area (Å²) < 4.78 is 0. The average molecular weight is 1150 g/mol. The number of aliphatic carboxylic acids is 4. The van der Waals surface area contributed by atoms with E-state index in [2.05, 4.69) is 27.7 Å². The zero-order valence-corrected chi connectivity index (χ0v) is 53.9. The van der Waals surface area contributed by atoms with Crippen molar-refractivity contribution in [2.45, 2.75) is 387 Å². The maximum Gasteiger partial charge on any atom is 2.00 e. The quantitative estimate of drug-likeness (QED) is 0.0430. The summed E-state index contributed by atoms with van der Waals surface area (Å²) in [4.78, 5) is 40.8. The molecule has 0 saturated carbocycles. The Labute approximate surface area is 484 Å². The van der Waals surface area contributed by atoms with Crippen LogP contribution in [0, 0.1) is 0 Å². The number of rotatable bonds is 56. The summed E-state index contributed by atoms with van der Waals surface area (Å²) >= 11 is 0. The Bertz CT molecular complexity index is 887. The normalized spacial score (nSPS) is 10.4. The summed E-state index contributed by atoms with van der Waals surface area (Å²) in [7, 11) is 0. The molecule has 0 aliphatic heterocycles. The van der Waals surface area contributed by atoms with Gasteiger partial charge in [-0.1, -0.05) is 336 Å². The first kappa shape index (κ1) is 84.3. The number of unbranched alkanes of at least 4 members (excludes halogenated alkanes) is 48. The second-order valence-corrected chi connectivity index (χ2v) is 21.5. The van der Waals surface area contributed by atoms with Crippen molar-refractivity contribution in [2.24, 2.45) is 0 Å². The first-order chi connectivity index (χ1) is 35.1. The standard InChI is InChI=1S/4C16H32O2.Co.Zn/c4*1-2-3-4-5-6-7-8-9-10-11-12-13-14-15-16(17)18;;/h4*2-15H2,1H3,(H,17,18);;/q;;;;2*+2/p-4. The Morgan fingerprint density at radius 1 is 0.189 bits per heavy atom. The van der Waals surface area contributed by atoms with Crippen LogP contribution in [0.15, 0.2) is 0 Å². The van der Waals surface area contributed by atoms with Crippen LogP contribution in [0.1, 0.15) is 387 Å². The third-order valence-electron chi connectivity index (χ3n) is 13.9. The zero-order chi connectivity index (χ0) is 53.9. The number of hydrogen-bond donors (Lipinski definition) is 0. The number of hydrogen-bond acceptors (Lipinski definition) is 8. The first-order valence-electron chi connectivity index (χ1n) is 31.9. The van der Waals surface area contributed by atoms with Crippen molar-refractivity contribution in [3.8, 4) is 0 Å². The van der Waals surface area contributed by atoms with Crippen molar-refractivity contribution in [3.63, 3.8) is 0 Å². The van der Waals surface area contributed by atoms with Crippen molar-refractivity contribution in [1.82, 2.24) is 0 Å². The van der Waals surface area contributed by atoms with Crippen LogP contribution in [0.2, 0.25) is 0 Å². The molecule has 0 bridgehead atoms. The van der Waals surface area contributed by atoms with E-state index >= 15 is 0 Å². The van der Waals surface area contributed by atoms with Crippen LogP contribution in [0.4, 0.5) is 0 Å². The van der Waals surface area contributed by atoms with Gasteiger partial charge in [0.2, 0.25) is 0 Å². The molecule has 0 aliphatic rings. The fourth-order valence-corrected chi connectivity index (χ4v) is 9.15. The number of carbonyl (C=O) groups is 4. The first-order valence-corrected chi connectivity index (χ1v) is 31.9. The van der Waals surface area contributed by atoms with E-state index in [1.165, 1.54) is 283 Å². The Morgan fingerprint density at radius 2 is 0.270 bits per heavy atom. The van der Waals surface area contributed by atoms with Gasteiger partial charge in [0.25, 0.3) is 0 Å². The molecule has 0 saturated heterocycles. The van der Waals surface area contributed by atoms with Crippen LogP contribution in [0.3, 0.4) is 0 Å². The van der Waals surface area contributed by atoms with E-state index in [0.717, 1.165) is 51.4 Å². The Hall–Kier alpha value is -0.990. The van der Waals surface area contributed by atoms with Crippen molar-refractivity contribution in [1.29, 1.82) is 0 Å². The molecule has 10 heteroatoms. The molecular weight excluding hydrogens is 1020 g/mol. The summed E-state index contributed by atoms with van der Waals surface area (Å²) in [6, 6.07) is 0. The van der Waals surface area contributed by atoms with Gasteiger partial charge in [-0.15, -0.1) is 0 Å². The monoisotopic (exact) mass is 1140 g/mol. The molecule has 8 nitrogen and oxygen atoms in total. The fraction of sp³-hybridized carbons (Fsp3) is 0.938. The van der Waals surface area contributed by atoms with Crippen LogP contribution in [0.5, 0.6) is 0 Å². The van der Waals surface area contributed by atoms with E-state index in [1.54, 1.807) is 0 Å². The SMILES string of the molecule is CCCCCCCCCCCCCCCC(=O)[O-].CCCCCCCCCCCCCCCC(=O)[O-].CCCCCCCCCCCCCCCC(=O)[O-].CCCCCCCCCCCCCCCC(=O)[O-].[Co+2].[Zn+2]. The number of carbonyl (C=O) groups excluding carboxylic acids is 4. The number of carboxylic acid groups (broad SMARTS) is 4. The van der Waals surface area contributed by atoms with E-state index in [0.29, 0.717) is 0 Å². The number of carboxylic acids is 4. The van der Waals surface area contributed by atoms with Crippen LogP contribution in [-0.2, 0) is 55.4 Å². The molecule has 0 aromatic rings. The minimum absolute atomic E-state index is 0. The molecule has 0 fully saturated rings. The van der Waals surface area contributed by atoms with Gasteiger partial charge in [-0.3, -0.25) is 0 Å². The third kappa shape index (κ3) is 100.0.